The molecule has 0 spiro atoms. The number of aryl methyl sites for hydroxylation is 6. The van der Waals surface area contributed by atoms with Crippen LogP contribution in [0.5, 0.6) is 11.5 Å². The third kappa shape index (κ3) is 13.3. The van der Waals surface area contributed by atoms with Crippen LogP contribution >= 0.6 is 0 Å². The number of phenolic OH excluding ortho intramolecular Hbond substituents is 1. The minimum atomic E-state index is -0.574. The predicted octanol–water partition coefficient (Wildman–Crippen LogP) is 2.95. The van der Waals surface area contributed by atoms with E-state index in [1.165, 1.54) is 43.5 Å². The predicted molar refractivity (Wildman–Crippen MR) is 173 cm³/mol. The molecule has 0 atom stereocenters. The number of carbonyl (C=O) groups is 2. The number of ether oxygens (including phenoxy) is 1. The molecule has 0 saturated carbocycles. The minimum absolute atomic E-state index is 0.122. The maximum Gasteiger partial charge on any atom is 0.298 e. The summed E-state index contributed by atoms with van der Waals surface area (Å²) in [4.78, 5) is 20.3. The van der Waals surface area contributed by atoms with Crippen molar-refractivity contribution in [1.29, 1.82) is 0 Å². The summed E-state index contributed by atoms with van der Waals surface area (Å²) in [6.45, 7) is 10.1. The van der Waals surface area contributed by atoms with Gasteiger partial charge in [0.05, 0.1) is 0 Å². The van der Waals surface area contributed by atoms with Crippen molar-refractivity contribution in [3.8, 4) is 11.5 Å². The van der Waals surface area contributed by atoms with Gasteiger partial charge in [0.2, 0.25) is 0 Å². The Bertz CT molecular complexity index is 1250. The van der Waals surface area contributed by atoms with E-state index in [4.69, 9.17) is 43.8 Å². The summed E-state index contributed by atoms with van der Waals surface area (Å²) < 4.78 is 43.3. The number of hydrogen-bond donors (Lipinski definition) is 1. The quantitative estimate of drug-likeness (QED) is 0.374. The molecular weight excluding hydrogens is 531 g/mol. The lowest BCUT2D eigenvalue weighted by Crippen LogP contribution is -2.55. The van der Waals surface area contributed by atoms with Gasteiger partial charge in [-0.05, 0) is 111 Å². The highest BCUT2D eigenvalue weighted by Crippen LogP contribution is 2.20. The van der Waals surface area contributed by atoms with Gasteiger partial charge in [0, 0.05) is 70.5 Å². The smallest absolute Gasteiger partial charge is 0.298 e. The molecule has 0 saturated heterocycles. The molecule has 0 aliphatic carbocycles. The summed E-state index contributed by atoms with van der Waals surface area (Å²) in [6, 6.07) is 8.85. The molecule has 203 valence electrons. The minimum Gasteiger partial charge on any atom is -0.508 e. The second kappa shape index (κ2) is 19.2. The van der Waals surface area contributed by atoms with E-state index in [2.05, 4.69) is 4.74 Å². The first-order chi connectivity index (χ1) is 19.5. The molecule has 0 bridgehead atoms. The van der Waals surface area contributed by atoms with Crippen LogP contribution in [0.3, 0.4) is 0 Å². The van der Waals surface area contributed by atoms with Gasteiger partial charge in [-0.15, -0.1) is 0 Å². The van der Waals surface area contributed by atoms with Crippen LogP contribution < -0.4 is 4.74 Å². The molecule has 0 aromatic heterocycles. The Labute approximate surface area is 255 Å². The molecule has 3 aromatic carbocycles. The van der Waals surface area contributed by atoms with E-state index in [-0.39, 0.29) is 29.6 Å². The van der Waals surface area contributed by atoms with Crippen LogP contribution in [0.15, 0.2) is 36.4 Å². The zero-order valence-corrected chi connectivity index (χ0v) is 24.6. The fourth-order valence-electron chi connectivity index (χ4n) is 3.51. The number of phenols is 1. The van der Waals surface area contributed by atoms with E-state index < -0.39 is 12.8 Å². The molecule has 0 heterocycles. The highest BCUT2D eigenvalue weighted by molar-refractivity contribution is 7.93. The van der Waals surface area contributed by atoms with Crippen molar-refractivity contribution in [2.75, 3.05) is 0 Å². The zero-order valence-electron chi connectivity index (χ0n) is 24.6. The fourth-order valence-corrected chi connectivity index (χ4v) is 3.51. The van der Waals surface area contributed by atoms with E-state index in [0.717, 1.165) is 6.29 Å². The van der Waals surface area contributed by atoms with E-state index in [1.807, 2.05) is 0 Å². The van der Waals surface area contributed by atoms with Gasteiger partial charge in [0.25, 0.3) is 6.47 Å². The van der Waals surface area contributed by atoms with E-state index in [0.29, 0.717) is 51.2 Å². The van der Waals surface area contributed by atoms with Crippen molar-refractivity contribution in [2.45, 2.75) is 41.5 Å². The molecular formula is C26H27B9F3O4. The van der Waals surface area contributed by atoms with Gasteiger partial charge in [-0.25, -0.2) is 13.2 Å². The lowest BCUT2D eigenvalue weighted by Gasteiger charge is -2.17. The van der Waals surface area contributed by atoms with Gasteiger partial charge in [0.15, 0.2) is 0 Å². The molecule has 1 N–H and O–H groups in total. The normalized spacial score (nSPS) is 9.36. The topological polar surface area (TPSA) is 63.6 Å². The molecule has 0 unspecified atom stereocenters. The van der Waals surface area contributed by atoms with Crippen LogP contribution in [-0.2, 0) is 4.79 Å². The van der Waals surface area contributed by atoms with Gasteiger partial charge in [-0.1, -0.05) is 0 Å². The van der Waals surface area contributed by atoms with Gasteiger partial charge in [0.1, 0.15) is 35.2 Å². The van der Waals surface area contributed by atoms with Crippen LogP contribution in [0.2, 0.25) is 0 Å². The highest BCUT2D eigenvalue weighted by Gasteiger charge is 2.18. The summed E-state index contributed by atoms with van der Waals surface area (Å²) in [5.41, 5.74) is 3.49. The van der Waals surface area contributed by atoms with Crippen LogP contribution in [-0.4, -0.2) is 82.8 Å². The number of aromatic hydroxyl groups is 1. The van der Waals surface area contributed by atoms with Crippen molar-refractivity contribution >= 4 is 77.7 Å². The molecule has 0 aliphatic heterocycles. The number of aldehydes is 1. The summed E-state index contributed by atoms with van der Waals surface area (Å²) >= 11 is 0. The van der Waals surface area contributed by atoms with Crippen LogP contribution in [0.25, 0.3) is 0 Å². The third-order valence-electron chi connectivity index (χ3n) is 5.72. The first-order valence-electron chi connectivity index (χ1n) is 12.6. The highest BCUT2D eigenvalue weighted by atomic mass is 19.1. The lowest BCUT2D eigenvalue weighted by molar-refractivity contribution is -0.120. The van der Waals surface area contributed by atoms with Crippen LogP contribution in [0.1, 0.15) is 43.7 Å². The number of benzene rings is 3. The summed E-state index contributed by atoms with van der Waals surface area (Å²) in [6.07, 6.45) is -0.741. The van der Waals surface area contributed by atoms with Crippen LogP contribution in [0.4, 0.5) is 13.2 Å². The molecule has 3 rings (SSSR count). The maximum atomic E-state index is 13.0. The second-order valence-corrected chi connectivity index (χ2v) is 9.49. The largest absolute Gasteiger partial charge is 0.508 e. The maximum absolute atomic E-state index is 13.0. The van der Waals surface area contributed by atoms with Crippen LogP contribution in [0, 0.1) is 59.0 Å². The zero-order chi connectivity index (χ0) is 32.7. The average Bonchev–Trinajstić information content (AvgIpc) is 2.90. The molecule has 0 aliphatic rings. The van der Waals surface area contributed by atoms with E-state index in [1.54, 1.807) is 41.5 Å². The van der Waals surface area contributed by atoms with E-state index in [9.17, 15) is 22.8 Å². The van der Waals surface area contributed by atoms with Gasteiger partial charge in [-0.2, -0.15) is 0 Å². The second-order valence-electron chi connectivity index (χ2n) is 9.49. The van der Waals surface area contributed by atoms with Crippen molar-refractivity contribution in [1.82, 2.24) is 0 Å². The Morgan fingerprint density at radius 1 is 0.690 bits per heavy atom. The Hall–Kier alpha value is -3.03. The molecule has 42 heavy (non-hydrogen) atoms. The number of hydrogen-bond acceptors (Lipinski definition) is 4. The van der Waals surface area contributed by atoms with Crippen molar-refractivity contribution < 1.29 is 32.6 Å². The Morgan fingerprint density at radius 2 is 1.02 bits per heavy atom. The summed E-state index contributed by atoms with van der Waals surface area (Å²) in [7, 11) is 27.5. The van der Waals surface area contributed by atoms with Crippen molar-refractivity contribution in [3.05, 3.63) is 92.8 Å². The molecule has 16 heteroatoms. The monoisotopic (exact) mass is 559 g/mol. The summed E-state index contributed by atoms with van der Waals surface area (Å²) in [5, 5.41) is 8.95. The van der Waals surface area contributed by atoms with E-state index >= 15 is 0 Å². The Morgan fingerprint density at radius 3 is 1.29 bits per heavy atom. The average molecular weight is 558 g/mol. The molecule has 3 aromatic rings. The van der Waals surface area contributed by atoms with Gasteiger partial charge >= 0.3 is 0 Å². The standard InChI is InChI=1S/C9H9FO2.C9H9FO.C8H9FO.B9/c1-6-3-8(12-5-11)4-7(2)9(6)10;1-6-3-8(5-11)4-7(2)9(6)10;1-5-3-7(10)4-6(2)8(5)9;1-6-9(7(2)3)8(4)5/h3-5H,1-2H3;3-5H,1-2H3;3-4,10H,1-2H3;. The van der Waals surface area contributed by atoms with Crippen molar-refractivity contribution in [3.63, 3.8) is 0 Å². The number of rotatable bonds is 6. The SMILES string of the molecule is Cc1cc(C=O)cc(C)c1F.Cc1cc(O)cc(C)c1F.Cc1cc(OC=O)cc(C)c1F.[B][B]B(B([B])[B])B([B])[B]. The lowest BCUT2D eigenvalue weighted by atomic mass is 8.64. The first-order valence-corrected chi connectivity index (χ1v) is 12.6. The van der Waals surface area contributed by atoms with Gasteiger partial charge < -0.3 is 9.84 Å². The van der Waals surface area contributed by atoms with Gasteiger partial charge in [-0.3, -0.25) is 9.59 Å². The molecule has 4 nitrogen and oxygen atoms in total. The third-order valence-corrected chi connectivity index (χ3v) is 5.72. The first kappa shape index (κ1) is 39.0. The fraction of sp³-hybridized carbons (Fsp3) is 0.231. The number of carbonyl (C=O) groups excluding carboxylic acids is 2. The Kier molecular flexibility index (Phi) is 17.8. The molecule has 11 radical (unpaired) electrons. The van der Waals surface area contributed by atoms with Crippen molar-refractivity contribution in [2.24, 2.45) is 0 Å². The Balaban J connectivity index is 0.000000537. The molecule has 0 amide bonds. The molecule has 0 fully saturated rings. The number of halogens is 3. The summed E-state index contributed by atoms with van der Waals surface area (Å²) in [5.74, 6) is -0.223.